The molecule has 2 atom stereocenters. The minimum Gasteiger partial charge on any atom is -0.378 e. The van der Waals surface area contributed by atoms with Gasteiger partial charge < -0.3 is 10.1 Å². The van der Waals surface area contributed by atoms with Crippen LogP contribution in [-0.2, 0) is 4.74 Å². The maximum Gasteiger partial charge on any atom is 0.271 e. The summed E-state index contributed by atoms with van der Waals surface area (Å²) in [6.07, 6.45) is 6.67. The molecule has 0 saturated carbocycles. The van der Waals surface area contributed by atoms with E-state index < -0.39 is 0 Å². The summed E-state index contributed by atoms with van der Waals surface area (Å²) in [6.45, 7) is 18.9. The number of nitrogens with one attached hydrogen (secondary N) is 1. The SMILES string of the molecule is CC.CC.CCCCC(CC)OCCC.CNC(=O)c1cc(C(C)=O)n(C(C)c2ccccc2)n1. The van der Waals surface area contributed by atoms with Gasteiger partial charge in [-0.2, -0.15) is 5.10 Å². The van der Waals surface area contributed by atoms with Crippen LogP contribution < -0.4 is 5.32 Å². The van der Waals surface area contributed by atoms with Crippen LogP contribution in [0.2, 0.25) is 0 Å². The third-order valence-electron chi connectivity index (χ3n) is 5.10. The second-order valence-corrected chi connectivity index (χ2v) is 7.62. The minimum atomic E-state index is -0.300. The van der Waals surface area contributed by atoms with Gasteiger partial charge in [0.1, 0.15) is 5.69 Å². The predicted molar refractivity (Wildman–Crippen MR) is 148 cm³/mol. The van der Waals surface area contributed by atoms with E-state index in [-0.39, 0.29) is 23.4 Å². The molecule has 1 aromatic heterocycles. The van der Waals surface area contributed by atoms with E-state index in [1.54, 1.807) is 4.68 Å². The second-order valence-electron chi connectivity index (χ2n) is 7.62. The van der Waals surface area contributed by atoms with Gasteiger partial charge in [-0.25, -0.2) is 0 Å². The lowest BCUT2D eigenvalue weighted by molar-refractivity contribution is 0.0439. The van der Waals surface area contributed by atoms with Crippen molar-refractivity contribution in [3.8, 4) is 0 Å². The van der Waals surface area contributed by atoms with Crippen molar-refractivity contribution in [3.63, 3.8) is 0 Å². The van der Waals surface area contributed by atoms with Gasteiger partial charge in [-0.1, -0.05) is 91.6 Å². The van der Waals surface area contributed by atoms with Gasteiger partial charge in [0.05, 0.1) is 12.1 Å². The molecule has 0 bridgehead atoms. The van der Waals surface area contributed by atoms with E-state index in [0.29, 0.717) is 11.8 Å². The summed E-state index contributed by atoms with van der Waals surface area (Å²) in [5.74, 6) is -0.415. The maximum absolute atomic E-state index is 11.7. The Bertz CT molecular complexity index is 780. The molecule has 2 aromatic rings. The van der Waals surface area contributed by atoms with E-state index in [9.17, 15) is 9.59 Å². The zero-order valence-electron chi connectivity index (χ0n) is 24.0. The molecule has 1 aromatic carbocycles. The normalized spacial score (nSPS) is 11.4. The van der Waals surface area contributed by atoms with Crippen LogP contribution in [0.25, 0.3) is 0 Å². The molecule has 6 heteroatoms. The van der Waals surface area contributed by atoms with Gasteiger partial charge in [-0.05, 0) is 31.7 Å². The Balaban J connectivity index is 0. The molecule has 2 unspecified atom stereocenters. The Kier molecular flexibility index (Phi) is 21.8. The highest BCUT2D eigenvalue weighted by Crippen LogP contribution is 2.20. The molecule has 6 nitrogen and oxygen atoms in total. The molecule has 0 spiro atoms. The van der Waals surface area contributed by atoms with E-state index in [1.807, 2.05) is 65.0 Å². The number of carbonyl (C=O) groups is 2. The number of Topliss-reactive ketones (excluding diaryl/α,β-unsaturated/α-hetero) is 1. The molecule has 1 amide bonds. The zero-order valence-corrected chi connectivity index (χ0v) is 24.0. The Morgan fingerprint density at radius 2 is 1.63 bits per heavy atom. The summed E-state index contributed by atoms with van der Waals surface area (Å²) >= 11 is 0. The van der Waals surface area contributed by atoms with E-state index >= 15 is 0 Å². The molecular weight excluding hydrogens is 438 g/mol. The number of rotatable bonds is 11. The molecule has 1 N–H and O–H groups in total. The average Bonchev–Trinajstić information content (AvgIpc) is 3.37. The van der Waals surface area contributed by atoms with Crippen molar-refractivity contribution < 1.29 is 14.3 Å². The smallest absolute Gasteiger partial charge is 0.271 e. The van der Waals surface area contributed by atoms with Crippen LogP contribution >= 0.6 is 0 Å². The summed E-state index contributed by atoms with van der Waals surface area (Å²) in [4.78, 5) is 23.4. The first-order chi connectivity index (χ1) is 16.9. The summed E-state index contributed by atoms with van der Waals surface area (Å²) in [5, 5.41) is 6.78. The highest BCUT2D eigenvalue weighted by atomic mass is 16.5. The fourth-order valence-corrected chi connectivity index (χ4v) is 3.19. The van der Waals surface area contributed by atoms with Crippen molar-refractivity contribution in [3.05, 3.63) is 53.3 Å². The monoisotopic (exact) mass is 489 g/mol. The fourth-order valence-electron chi connectivity index (χ4n) is 3.19. The summed E-state index contributed by atoms with van der Waals surface area (Å²) in [7, 11) is 1.54. The fraction of sp³-hybridized carbons (Fsp3) is 0.621. The van der Waals surface area contributed by atoms with Gasteiger partial charge in [-0.15, -0.1) is 0 Å². The highest BCUT2D eigenvalue weighted by Gasteiger charge is 2.20. The standard InChI is InChI=1S/C15H17N3O2.C10H22O.2C2H6/c1-10(12-7-5-4-6-8-12)18-14(11(2)19)9-13(17-18)15(20)16-3;1-4-7-8-10(6-3)11-9-5-2;2*1-2/h4-10H,1-3H3,(H,16,20);10H,4-9H2,1-3H3;2*1-2H3. The van der Waals surface area contributed by atoms with Crippen LogP contribution in [0.3, 0.4) is 0 Å². The van der Waals surface area contributed by atoms with Gasteiger partial charge in [0.2, 0.25) is 0 Å². The average molecular weight is 490 g/mol. The number of nitrogens with zero attached hydrogens (tertiary/aromatic N) is 2. The topological polar surface area (TPSA) is 73.2 Å². The molecule has 2 rings (SSSR count). The first-order valence-electron chi connectivity index (χ1n) is 13.4. The van der Waals surface area contributed by atoms with E-state index in [1.165, 1.54) is 45.7 Å². The highest BCUT2D eigenvalue weighted by molar-refractivity contribution is 5.97. The number of hydrogen-bond acceptors (Lipinski definition) is 4. The van der Waals surface area contributed by atoms with Crippen molar-refractivity contribution in [2.75, 3.05) is 13.7 Å². The summed E-state index contributed by atoms with van der Waals surface area (Å²) < 4.78 is 7.24. The molecule has 0 aliphatic carbocycles. The van der Waals surface area contributed by atoms with Crippen LogP contribution in [0.1, 0.15) is 127 Å². The minimum absolute atomic E-state index is 0.115. The summed E-state index contributed by atoms with van der Waals surface area (Å²) in [6, 6.07) is 11.1. The second kappa shape index (κ2) is 22.0. The van der Waals surface area contributed by atoms with E-state index in [4.69, 9.17) is 4.74 Å². The molecule has 200 valence electrons. The lowest BCUT2D eigenvalue weighted by atomic mass is 10.1. The molecule has 0 saturated heterocycles. The number of ketones is 1. The van der Waals surface area contributed by atoms with Crippen molar-refractivity contribution in [1.82, 2.24) is 15.1 Å². The van der Waals surface area contributed by atoms with Crippen LogP contribution in [-0.4, -0.2) is 41.2 Å². The van der Waals surface area contributed by atoms with Crippen LogP contribution in [0.5, 0.6) is 0 Å². The number of amides is 1. The molecule has 1 heterocycles. The quantitative estimate of drug-likeness (QED) is 0.332. The Hall–Kier alpha value is -2.47. The zero-order chi connectivity index (χ0) is 27.2. The lowest BCUT2D eigenvalue weighted by Gasteiger charge is -2.14. The Labute approximate surface area is 214 Å². The van der Waals surface area contributed by atoms with Gasteiger partial charge in [0, 0.05) is 26.6 Å². The molecular formula is C29H51N3O3. The van der Waals surface area contributed by atoms with E-state index in [2.05, 4.69) is 31.2 Å². The number of unbranched alkanes of at least 4 members (excludes halogenated alkanes) is 1. The number of ether oxygens (including phenoxy) is 1. The first kappa shape index (κ1) is 34.7. The summed E-state index contributed by atoms with van der Waals surface area (Å²) in [5.41, 5.74) is 1.71. The molecule has 0 radical (unpaired) electrons. The number of benzene rings is 1. The number of aromatic nitrogens is 2. The number of carbonyl (C=O) groups excluding carboxylic acids is 2. The number of hydrogen-bond donors (Lipinski definition) is 1. The van der Waals surface area contributed by atoms with Crippen molar-refractivity contribution in [2.45, 2.75) is 107 Å². The third-order valence-corrected chi connectivity index (χ3v) is 5.10. The lowest BCUT2D eigenvalue weighted by Crippen LogP contribution is -2.19. The maximum atomic E-state index is 11.7. The van der Waals surface area contributed by atoms with Crippen molar-refractivity contribution in [1.29, 1.82) is 0 Å². The largest absolute Gasteiger partial charge is 0.378 e. The Morgan fingerprint density at radius 1 is 1.03 bits per heavy atom. The van der Waals surface area contributed by atoms with Gasteiger partial charge in [0.25, 0.3) is 5.91 Å². The molecule has 35 heavy (non-hydrogen) atoms. The third kappa shape index (κ3) is 13.3. The van der Waals surface area contributed by atoms with Crippen LogP contribution in [0.15, 0.2) is 36.4 Å². The Morgan fingerprint density at radius 3 is 2.09 bits per heavy atom. The van der Waals surface area contributed by atoms with E-state index in [0.717, 1.165) is 18.6 Å². The molecule has 0 fully saturated rings. The van der Waals surface area contributed by atoms with Crippen LogP contribution in [0.4, 0.5) is 0 Å². The van der Waals surface area contributed by atoms with Crippen molar-refractivity contribution in [2.24, 2.45) is 0 Å². The van der Waals surface area contributed by atoms with Gasteiger partial charge >= 0.3 is 0 Å². The molecule has 0 aliphatic heterocycles. The van der Waals surface area contributed by atoms with Gasteiger partial charge in [-0.3, -0.25) is 14.3 Å². The molecule has 0 aliphatic rings. The predicted octanol–water partition coefficient (Wildman–Crippen LogP) is 7.49. The van der Waals surface area contributed by atoms with Crippen molar-refractivity contribution >= 4 is 11.7 Å². The van der Waals surface area contributed by atoms with Crippen LogP contribution in [0, 0.1) is 0 Å². The first-order valence-corrected chi connectivity index (χ1v) is 13.4. The van der Waals surface area contributed by atoms with Gasteiger partial charge in [0.15, 0.2) is 11.5 Å².